The van der Waals surface area contributed by atoms with E-state index in [2.05, 4.69) is 32.7 Å². The largest absolute Gasteiger partial charge is 0.372 e. The Labute approximate surface area is 155 Å². The molecule has 4 rings (SSSR count). The molecule has 1 saturated heterocycles. The van der Waals surface area contributed by atoms with E-state index in [9.17, 15) is 4.79 Å². The Balaban J connectivity index is 1.52. The lowest BCUT2D eigenvalue weighted by Gasteiger charge is -2.33. The number of rotatable bonds is 4. The van der Waals surface area contributed by atoms with E-state index in [-0.39, 0.29) is 5.91 Å². The molecule has 0 saturated carbocycles. The van der Waals surface area contributed by atoms with E-state index < -0.39 is 5.60 Å². The summed E-state index contributed by atoms with van der Waals surface area (Å²) >= 11 is 1.60. The highest BCUT2D eigenvalue weighted by Crippen LogP contribution is 2.28. The predicted octanol–water partition coefficient (Wildman–Crippen LogP) is 3.07. The van der Waals surface area contributed by atoms with Gasteiger partial charge >= 0.3 is 0 Å². The second-order valence-electron chi connectivity index (χ2n) is 6.70. The first-order valence-electron chi connectivity index (χ1n) is 8.55. The summed E-state index contributed by atoms with van der Waals surface area (Å²) in [4.78, 5) is 22.0. The lowest BCUT2D eigenvalue weighted by atomic mass is 10.0. The van der Waals surface area contributed by atoms with Gasteiger partial charge in [-0.15, -0.1) is 11.3 Å². The monoisotopic (exact) mass is 368 g/mol. The number of amides is 1. The Morgan fingerprint density at radius 3 is 3.04 bits per heavy atom. The first kappa shape index (κ1) is 17.1. The number of fused-ring (bicyclic) bond motifs is 1. The second-order valence-corrected chi connectivity index (χ2v) is 7.58. The Kier molecular flexibility index (Phi) is 4.67. The van der Waals surface area contributed by atoms with E-state index in [1.807, 2.05) is 30.8 Å². The molecule has 1 aromatic carbocycles. The number of anilines is 1. The van der Waals surface area contributed by atoms with E-state index in [4.69, 9.17) is 4.74 Å². The van der Waals surface area contributed by atoms with Gasteiger partial charge in [-0.05, 0) is 30.0 Å². The maximum absolute atomic E-state index is 12.4. The minimum atomic E-state index is -0.474. The maximum atomic E-state index is 12.4. The van der Waals surface area contributed by atoms with Crippen LogP contribution in [0.25, 0.3) is 21.2 Å². The van der Waals surface area contributed by atoms with E-state index in [1.165, 1.54) is 0 Å². The van der Waals surface area contributed by atoms with Gasteiger partial charge in [0.15, 0.2) is 0 Å². The molecule has 0 aliphatic carbocycles. The van der Waals surface area contributed by atoms with E-state index in [1.54, 1.807) is 17.5 Å². The van der Waals surface area contributed by atoms with Crippen molar-refractivity contribution >= 4 is 33.8 Å². The van der Waals surface area contributed by atoms with Gasteiger partial charge in [-0.25, -0.2) is 4.98 Å². The highest BCUT2D eigenvalue weighted by Gasteiger charge is 2.30. The van der Waals surface area contributed by atoms with Crippen molar-refractivity contribution < 1.29 is 9.53 Å². The molecule has 1 aliphatic heterocycles. The fraction of sp³-hybridized carbons (Fsp3) is 0.316. The molecule has 2 aromatic heterocycles. The molecular formula is C19H20N4O2S. The van der Waals surface area contributed by atoms with Crippen molar-refractivity contribution in [1.29, 1.82) is 0 Å². The molecule has 0 bridgehead atoms. The van der Waals surface area contributed by atoms with Crippen LogP contribution in [-0.4, -0.2) is 41.2 Å². The SMILES string of the molecule is CC1(CC(=O)Nc2cc3cc(-c4cncs4)ccc3cn2)CNCCO1. The normalized spacial score (nSPS) is 20.2. The van der Waals surface area contributed by atoms with Crippen LogP contribution in [0.1, 0.15) is 13.3 Å². The number of nitrogens with one attached hydrogen (secondary N) is 2. The summed E-state index contributed by atoms with van der Waals surface area (Å²) in [6, 6.07) is 8.09. The molecule has 0 radical (unpaired) electrons. The standard InChI is InChI=1S/C19H20N4O2S/c1-19(11-20-4-5-25-19)8-18(24)23-17-7-15-6-13(16-10-21-12-26-16)2-3-14(15)9-22-17/h2-3,6-7,9-10,12,20H,4-5,8,11H2,1H3,(H,22,23,24). The zero-order chi connectivity index (χ0) is 18.0. The predicted molar refractivity (Wildman–Crippen MR) is 103 cm³/mol. The number of ether oxygens (including phenoxy) is 1. The zero-order valence-electron chi connectivity index (χ0n) is 14.5. The second kappa shape index (κ2) is 7.11. The van der Waals surface area contributed by atoms with Crippen molar-refractivity contribution in [3.05, 3.63) is 42.2 Å². The minimum Gasteiger partial charge on any atom is -0.372 e. The molecular weight excluding hydrogens is 348 g/mol. The van der Waals surface area contributed by atoms with Crippen LogP contribution >= 0.6 is 11.3 Å². The Hall–Kier alpha value is -2.35. The fourth-order valence-electron chi connectivity index (χ4n) is 3.13. The van der Waals surface area contributed by atoms with Crippen LogP contribution in [0.5, 0.6) is 0 Å². The van der Waals surface area contributed by atoms with Crippen molar-refractivity contribution in [2.45, 2.75) is 18.9 Å². The van der Waals surface area contributed by atoms with Gasteiger partial charge in [-0.2, -0.15) is 0 Å². The van der Waals surface area contributed by atoms with Crippen LogP contribution in [0.3, 0.4) is 0 Å². The van der Waals surface area contributed by atoms with Crippen LogP contribution in [0.15, 0.2) is 42.2 Å². The Bertz CT molecular complexity index is 920. The van der Waals surface area contributed by atoms with Crippen molar-refractivity contribution in [2.24, 2.45) is 0 Å². The number of carbonyl (C=O) groups excluding carboxylic acids is 1. The topological polar surface area (TPSA) is 76.1 Å². The number of carbonyl (C=O) groups is 1. The number of aromatic nitrogens is 2. The summed E-state index contributed by atoms with van der Waals surface area (Å²) in [7, 11) is 0. The summed E-state index contributed by atoms with van der Waals surface area (Å²) in [5.41, 5.74) is 2.46. The third kappa shape index (κ3) is 3.75. The van der Waals surface area contributed by atoms with E-state index >= 15 is 0 Å². The first-order valence-corrected chi connectivity index (χ1v) is 9.43. The molecule has 134 valence electrons. The summed E-state index contributed by atoms with van der Waals surface area (Å²) in [5, 5.41) is 8.22. The van der Waals surface area contributed by atoms with Gasteiger partial charge in [0, 0.05) is 30.9 Å². The van der Waals surface area contributed by atoms with Gasteiger partial charge in [0.05, 0.1) is 29.0 Å². The van der Waals surface area contributed by atoms with Crippen LogP contribution < -0.4 is 10.6 Å². The van der Waals surface area contributed by atoms with Crippen molar-refractivity contribution in [1.82, 2.24) is 15.3 Å². The van der Waals surface area contributed by atoms with Crippen LogP contribution in [0.2, 0.25) is 0 Å². The first-order chi connectivity index (χ1) is 12.6. The summed E-state index contributed by atoms with van der Waals surface area (Å²) in [5.74, 6) is 0.456. The van der Waals surface area contributed by atoms with Crippen LogP contribution in [0.4, 0.5) is 5.82 Å². The van der Waals surface area contributed by atoms with Gasteiger partial charge in [0.1, 0.15) is 5.82 Å². The number of benzene rings is 1. The summed E-state index contributed by atoms with van der Waals surface area (Å²) < 4.78 is 5.75. The molecule has 2 N–H and O–H groups in total. The van der Waals surface area contributed by atoms with Gasteiger partial charge in [-0.1, -0.05) is 12.1 Å². The highest BCUT2D eigenvalue weighted by molar-refractivity contribution is 7.13. The number of nitrogens with zero attached hydrogens (tertiary/aromatic N) is 2. The van der Waals surface area contributed by atoms with Gasteiger partial charge in [0.2, 0.25) is 5.91 Å². The quantitative estimate of drug-likeness (QED) is 0.740. The number of morpholine rings is 1. The van der Waals surface area contributed by atoms with Crippen molar-refractivity contribution in [3.63, 3.8) is 0 Å². The highest BCUT2D eigenvalue weighted by atomic mass is 32.1. The number of thiazole rings is 1. The number of pyridine rings is 1. The number of hydrogen-bond donors (Lipinski definition) is 2. The molecule has 7 heteroatoms. The molecule has 3 aromatic rings. The average molecular weight is 368 g/mol. The maximum Gasteiger partial charge on any atom is 0.228 e. The Morgan fingerprint density at radius 2 is 2.27 bits per heavy atom. The summed E-state index contributed by atoms with van der Waals surface area (Å²) in [6.07, 6.45) is 3.93. The minimum absolute atomic E-state index is 0.0957. The fourth-order valence-corrected chi connectivity index (χ4v) is 3.75. The lowest BCUT2D eigenvalue weighted by Crippen LogP contribution is -2.49. The molecule has 6 nitrogen and oxygen atoms in total. The lowest BCUT2D eigenvalue weighted by molar-refractivity contribution is -0.125. The zero-order valence-corrected chi connectivity index (χ0v) is 15.3. The third-order valence-corrected chi connectivity index (χ3v) is 5.29. The van der Waals surface area contributed by atoms with Gasteiger partial charge in [-0.3, -0.25) is 9.78 Å². The average Bonchev–Trinajstić information content (AvgIpc) is 3.16. The molecule has 1 aliphatic rings. The van der Waals surface area contributed by atoms with Crippen LogP contribution in [0, 0.1) is 0 Å². The van der Waals surface area contributed by atoms with Gasteiger partial charge < -0.3 is 15.4 Å². The Morgan fingerprint density at radius 1 is 1.35 bits per heavy atom. The van der Waals surface area contributed by atoms with Crippen molar-refractivity contribution in [3.8, 4) is 10.4 Å². The van der Waals surface area contributed by atoms with E-state index in [0.717, 1.165) is 27.8 Å². The van der Waals surface area contributed by atoms with Crippen LogP contribution in [-0.2, 0) is 9.53 Å². The molecule has 0 spiro atoms. The summed E-state index contributed by atoms with van der Waals surface area (Å²) in [6.45, 7) is 4.07. The van der Waals surface area contributed by atoms with Crippen molar-refractivity contribution in [2.75, 3.05) is 25.0 Å². The molecule has 1 unspecified atom stereocenters. The molecule has 26 heavy (non-hydrogen) atoms. The van der Waals surface area contributed by atoms with E-state index in [0.29, 0.717) is 25.4 Å². The molecule has 1 amide bonds. The molecule has 1 atom stereocenters. The van der Waals surface area contributed by atoms with Gasteiger partial charge in [0.25, 0.3) is 0 Å². The molecule has 1 fully saturated rings. The molecule has 3 heterocycles. The smallest absolute Gasteiger partial charge is 0.228 e. The third-order valence-electron chi connectivity index (χ3n) is 4.47. The number of hydrogen-bond acceptors (Lipinski definition) is 6.